The van der Waals surface area contributed by atoms with E-state index in [0.29, 0.717) is 0 Å². The van der Waals surface area contributed by atoms with E-state index in [1.165, 1.54) is 32.1 Å². The van der Waals surface area contributed by atoms with Gasteiger partial charge in [0.2, 0.25) is 0 Å². The Morgan fingerprint density at radius 1 is 1.18 bits per heavy atom. The molecule has 1 heterocycles. The molecule has 2 nitrogen and oxygen atoms in total. The third kappa shape index (κ3) is 3.38. The summed E-state index contributed by atoms with van der Waals surface area (Å²) in [6.45, 7) is 4.85. The molecule has 0 radical (unpaired) electrons. The highest BCUT2D eigenvalue weighted by molar-refractivity contribution is 6.36. The first-order valence-electron chi connectivity index (χ1n) is 8.34. The molecule has 2 aromatic rings. The van der Waals surface area contributed by atoms with E-state index < -0.39 is 0 Å². The van der Waals surface area contributed by atoms with Gasteiger partial charge in [-0.1, -0.05) is 49.8 Å². The smallest absolute Gasteiger partial charge is 0.132 e. The van der Waals surface area contributed by atoms with Crippen LogP contribution in [-0.4, -0.2) is 11.6 Å². The molecule has 0 bridgehead atoms. The molecule has 0 aliphatic heterocycles. The molecule has 0 spiro atoms. The van der Waals surface area contributed by atoms with Crippen LogP contribution in [-0.2, 0) is 0 Å². The summed E-state index contributed by atoms with van der Waals surface area (Å²) in [6, 6.07) is 5.96. The molecule has 0 unspecified atom stereocenters. The Bertz CT molecular complexity index is 662. The van der Waals surface area contributed by atoms with Crippen molar-refractivity contribution in [2.75, 3.05) is 6.61 Å². The molecule has 0 N–H and O–H groups in total. The molecule has 0 atom stereocenters. The maximum atomic E-state index is 6.39. The van der Waals surface area contributed by atoms with Crippen molar-refractivity contribution in [1.29, 1.82) is 0 Å². The monoisotopic (exact) mass is 317 g/mol. The van der Waals surface area contributed by atoms with Crippen LogP contribution in [0.1, 0.15) is 49.8 Å². The number of halogens is 1. The van der Waals surface area contributed by atoms with E-state index in [1.54, 1.807) is 0 Å². The van der Waals surface area contributed by atoms with Gasteiger partial charge in [0.05, 0.1) is 22.5 Å². The molecule has 1 aromatic carbocycles. The van der Waals surface area contributed by atoms with E-state index in [1.807, 2.05) is 25.1 Å². The molecule has 0 amide bonds. The number of hydrogen-bond donors (Lipinski definition) is 0. The molecule has 0 saturated heterocycles. The first-order chi connectivity index (χ1) is 10.6. The van der Waals surface area contributed by atoms with Crippen LogP contribution in [0.2, 0.25) is 5.02 Å². The number of hydrogen-bond acceptors (Lipinski definition) is 2. The zero-order valence-corrected chi connectivity index (χ0v) is 14.2. The zero-order chi connectivity index (χ0) is 15.5. The van der Waals surface area contributed by atoms with Crippen LogP contribution in [0.25, 0.3) is 10.9 Å². The van der Waals surface area contributed by atoms with E-state index in [4.69, 9.17) is 16.3 Å². The maximum Gasteiger partial charge on any atom is 0.132 e. The number of pyridine rings is 1. The van der Waals surface area contributed by atoms with Gasteiger partial charge in [0.1, 0.15) is 5.75 Å². The summed E-state index contributed by atoms with van der Waals surface area (Å²) in [5.41, 5.74) is 3.07. The van der Waals surface area contributed by atoms with Crippen LogP contribution in [0.5, 0.6) is 5.75 Å². The van der Waals surface area contributed by atoms with E-state index in [-0.39, 0.29) is 0 Å². The summed E-state index contributed by atoms with van der Waals surface area (Å²) < 4.78 is 6.11. The van der Waals surface area contributed by atoms with Gasteiger partial charge in [-0.25, -0.2) is 0 Å². The SMILES string of the molecule is Cc1cc(OCCC2CCCCC2)c2c(Cl)ccc(C)c2n1. The maximum absolute atomic E-state index is 6.39. The molecule has 1 aliphatic rings. The highest BCUT2D eigenvalue weighted by Crippen LogP contribution is 2.34. The number of ether oxygens (including phenoxy) is 1. The number of rotatable bonds is 4. The van der Waals surface area contributed by atoms with Gasteiger partial charge in [0.25, 0.3) is 0 Å². The Kier molecular flexibility index (Phi) is 4.87. The van der Waals surface area contributed by atoms with Crippen molar-refractivity contribution < 1.29 is 4.74 Å². The van der Waals surface area contributed by atoms with Crippen LogP contribution in [0.3, 0.4) is 0 Å². The Balaban J connectivity index is 1.79. The fraction of sp³-hybridized carbons (Fsp3) is 0.526. The fourth-order valence-electron chi connectivity index (χ4n) is 3.44. The average Bonchev–Trinajstić information content (AvgIpc) is 2.52. The van der Waals surface area contributed by atoms with Crippen molar-refractivity contribution in [3.05, 3.63) is 34.5 Å². The van der Waals surface area contributed by atoms with Crippen molar-refractivity contribution in [1.82, 2.24) is 4.98 Å². The third-order valence-corrected chi connectivity index (χ3v) is 5.03. The summed E-state index contributed by atoms with van der Waals surface area (Å²) >= 11 is 6.39. The average molecular weight is 318 g/mol. The number of aromatic nitrogens is 1. The lowest BCUT2D eigenvalue weighted by molar-refractivity contribution is 0.248. The molecule has 1 saturated carbocycles. The minimum atomic E-state index is 0.723. The Morgan fingerprint density at radius 3 is 2.73 bits per heavy atom. The van der Waals surface area contributed by atoms with Crippen molar-refractivity contribution in [3.63, 3.8) is 0 Å². The van der Waals surface area contributed by atoms with Crippen LogP contribution >= 0.6 is 11.6 Å². The van der Waals surface area contributed by atoms with Crippen LogP contribution < -0.4 is 4.74 Å². The van der Waals surface area contributed by atoms with Gasteiger partial charge in [-0.3, -0.25) is 4.98 Å². The van der Waals surface area contributed by atoms with E-state index in [2.05, 4.69) is 11.9 Å². The second-order valence-corrected chi connectivity index (χ2v) is 6.90. The normalized spacial score (nSPS) is 16.1. The van der Waals surface area contributed by atoms with Crippen molar-refractivity contribution in [2.24, 2.45) is 5.92 Å². The van der Waals surface area contributed by atoms with E-state index in [9.17, 15) is 0 Å². The molecule has 22 heavy (non-hydrogen) atoms. The summed E-state index contributed by atoms with van der Waals surface area (Å²) in [5, 5.41) is 1.68. The fourth-order valence-corrected chi connectivity index (χ4v) is 3.69. The first-order valence-corrected chi connectivity index (χ1v) is 8.72. The molecule has 1 fully saturated rings. The van der Waals surface area contributed by atoms with Crippen LogP contribution in [0, 0.1) is 19.8 Å². The molecule has 3 rings (SSSR count). The molecule has 118 valence electrons. The predicted molar refractivity (Wildman–Crippen MR) is 92.9 cm³/mol. The van der Waals surface area contributed by atoms with Crippen LogP contribution in [0.4, 0.5) is 0 Å². The van der Waals surface area contributed by atoms with E-state index >= 15 is 0 Å². The van der Waals surface area contributed by atoms with Gasteiger partial charge in [-0.2, -0.15) is 0 Å². The molecule has 1 aliphatic carbocycles. The highest BCUT2D eigenvalue weighted by Gasteiger charge is 2.15. The summed E-state index contributed by atoms with van der Waals surface area (Å²) in [4.78, 5) is 4.63. The Labute approximate surface area is 137 Å². The number of nitrogens with zero attached hydrogens (tertiary/aromatic N) is 1. The van der Waals surface area contributed by atoms with Gasteiger partial charge in [-0.15, -0.1) is 0 Å². The van der Waals surface area contributed by atoms with E-state index in [0.717, 1.165) is 51.9 Å². The third-order valence-electron chi connectivity index (χ3n) is 4.71. The second kappa shape index (κ2) is 6.87. The van der Waals surface area contributed by atoms with Crippen molar-refractivity contribution in [3.8, 4) is 5.75 Å². The second-order valence-electron chi connectivity index (χ2n) is 6.49. The zero-order valence-electron chi connectivity index (χ0n) is 13.5. The first kappa shape index (κ1) is 15.6. The lowest BCUT2D eigenvalue weighted by atomic mass is 9.87. The number of fused-ring (bicyclic) bond motifs is 1. The lowest BCUT2D eigenvalue weighted by Crippen LogP contribution is -2.11. The minimum absolute atomic E-state index is 0.723. The van der Waals surface area contributed by atoms with Crippen molar-refractivity contribution in [2.45, 2.75) is 52.4 Å². The minimum Gasteiger partial charge on any atom is -0.493 e. The highest BCUT2D eigenvalue weighted by atomic mass is 35.5. The number of benzene rings is 1. The molecular formula is C19H24ClNO. The summed E-state index contributed by atoms with van der Waals surface area (Å²) in [5.74, 6) is 1.71. The Morgan fingerprint density at radius 2 is 1.95 bits per heavy atom. The van der Waals surface area contributed by atoms with Crippen molar-refractivity contribution >= 4 is 22.5 Å². The van der Waals surface area contributed by atoms with Gasteiger partial charge in [0, 0.05) is 11.8 Å². The molecule has 3 heteroatoms. The van der Waals surface area contributed by atoms with Gasteiger partial charge in [-0.05, 0) is 37.8 Å². The van der Waals surface area contributed by atoms with Gasteiger partial charge < -0.3 is 4.74 Å². The molecular weight excluding hydrogens is 294 g/mol. The predicted octanol–water partition coefficient (Wildman–Crippen LogP) is 5.85. The molecule has 1 aromatic heterocycles. The largest absolute Gasteiger partial charge is 0.493 e. The topological polar surface area (TPSA) is 22.1 Å². The van der Waals surface area contributed by atoms with Crippen LogP contribution in [0.15, 0.2) is 18.2 Å². The quantitative estimate of drug-likeness (QED) is 0.705. The number of aryl methyl sites for hydroxylation is 2. The van der Waals surface area contributed by atoms with Gasteiger partial charge in [0.15, 0.2) is 0 Å². The summed E-state index contributed by atoms with van der Waals surface area (Å²) in [7, 11) is 0. The lowest BCUT2D eigenvalue weighted by Gasteiger charge is -2.21. The van der Waals surface area contributed by atoms with Gasteiger partial charge >= 0.3 is 0 Å². The Hall–Kier alpha value is -1.28. The summed E-state index contributed by atoms with van der Waals surface area (Å²) in [6.07, 6.45) is 8.03. The standard InChI is InChI=1S/C19H24ClNO/c1-13-8-9-16(20)18-17(12-14(2)21-19(13)18)22-11-10-15-6-4-3-5-7-15/h8-9,12,15H,3-7,10-11H2,1-2H3.